The first-order valence-corrected chi connectivity index (χ1v) is 7.68. The van der Waals surface area contributed by atoms with Crippen LogP contribution < -0.4 is 5.73 Å². The standard InChI is InChI=1S/C15H19BrN4/c1-11-7-19(10-15(11)17)8-12-6-18-20(9-12)14-4-2-13(16)3-5-14/h2-6,9,11,15H,7-8,10,17H2,1H3. The molecule has 0 bridgehead atoms. The van der Waals surface area contributed by atoms with Gasteiger partial charge in [0.25, 0.3) is 0 Å². The van der Waals surface area contributed by atoms with Gasteiger partial charge in [0.2, 0.25) is 0 Å². The molecule has 106 valence electrons. The average Bonchev–Trinajstić information content (AvgIpc) is 2.99. The molecule has 2 heterocycles. The third-order valence-corrected chi connectivity index (χ3v) is 4.41. The van der Waals surface area contributed by atoms with E-state index in [9.17, 15) is 0 Å². The van der Waals surface area contributed by atoms with Gasteiger partial charge in [-0.15, -0.1) is 0 Å². The fourth-order valence-electron chi connectivity index (χ4n) is 2.66. The summed E-state index contributed by atoms with van der Waals surface area (Å²) in [6, 6.07) is 8.45. The van der Waals surface area contributed by atoms with Crippen LogP contribution in [-0.2, 0) is 6.54 Å². The van der Waals surface area contributed by atoms with Gasteiger partial charge in [0.15, 0.2) is 0 Å². The predicted molar refractivity (Wildman–Crippen MR) is 83.7 cm³/mol. The topological polar surface area (TPSA) is 47.1 Å². The van der Waals surface area contributed by atoms with E-state index in [1.54, 1.807) is 0 Å². The molecule has 1 saturated heterocycles. The summed E-state index contributed by atoms with van der Waals surface area (Å²) < 4.78 is 3.00. The third-order valence-electron chi connectivity index (χ3n) is 3.88. The summed E-state index contributed by atoms with van der Waals surface area (Å²) >= 11 is 3.44. The van der Waals surface area contributed by atoms with E-state index in [1.165, 1.54) is 5.56 Å². The van der Waals surface area contributed by atoms with E-state index in [4.69, 9.17) is 5.73 Å². The first-order valence-electron chi connectivity index (χ1n) is 6.89. The van der Waals surface area contributed by atoms with Crippen molar-refractivity contribution in [3.8, 4) is 5.69 Å². The molecular weight excluding hydrogens is 316 g/mol. The van der Waals surface area contributed by atoms with Crippen LogP contribution in [0.5, 0.6) is 0 Å². The van der Waals surface area contributed by atoms with Crippen LogP contribution in [0.25, 0.3) is 5.69 Å². The number of benzene rings is 1. The van der Waals surface area contributed by atoms with Crippen molar-refractivity contribution >= 4 is 15.9 Å². The molecule has 1 aromatic heterocycles. The zero-order valence-electron chi connectivity index (χ0n) is 11.5. The van der Waals surface area contributed by atoms with Crippen LogP contribution in [0, 0.1) is 5.92 Å². The molecule has 1 aliphatic rings. The molecule has 1 fully saturated rings. The van der Waals surface area contributed by atoms with Gasteiger partial charge < -0.3 is 5.73 Å². The second-order valence-electron chi connectivity index (χ2n) is 5.60. The highest BCUT2D eigenvalue weighted by Crippen LogP contribution is 2.18. The SMILES string of the molecule is CC1CN(Cc2cnn(-c3ccc(Br)cc3)c2)CC1N. The second kappa shape index (κ2) is 5.68. The lowest BCUT2D eigenvalue weighted by Crippen LogP contribution is -2.28. The van der Waals surface area contributed by atoms with Crippen LogP contribution in [0.1, 0.15) is 12.5 Å². The highest BCUT2D eigenvalue weighted by Gasteiger charge is 2.26. The molecule has 1 aliphatic heterocycles. The number of hydrogen-bond acceptors (Lipinski definition) is 3. The van der Waals surface area contributed by atoms with Crippen LogP contribution in [-0.4, -0.2) is 33.8 Å². The van der Waals surface area contributed by atoms with Gasteiger partial charge in [0.1, 0.15) is 0 Å². The molecule has 3 rings (SSSR count). The van der Waals surface area contributed by atoms with Crippen molar-refractivity contribution in [3.05, 3.63) is 46.7 Å². The van der Waals surface area contributed by atoms with Gasteiger partial charge >= 0.3 is 0 Å². The Morgan fingerprint density at radius 1 is 1.30 bits per heavy atom. The third kappa shape index (κ3) is 2.95. The quantitative estimate of drug-likeness (QED) is 0.937. The van der Waals surface area contributed by atoms with Gasteiger partial charge in [-0.2, -0.15) is 5.10 Å². The Kier molecular flexibility index (Phi) is 3.92. The fourth-order valence-corrected chi connectivity index (χ4v) is 2.92. The minimum Gasteiger partial charge on any atom is -0.326 e. The number of nitrogens with two attached hydrogens (primary N) is 1. The first-order chi connectivity index (χ1) is 9.61. The number of rotatable bonds is 3. The van der Waals surface area contributed by atoms with E-state index < -0.39 is 0 Å². The summed E-state index contributed by atoms with van der Waals surface area (Å²) in [5.41, 5.74) is 8.37. The molecule has 0 saturated carbocycles. The number of hydrogen-bond donors (Lipinski definition) is 1. The van der Waals surface area contributed by atoms with Crippen LogP contribution in [0.15, 0.2) is 41.1 Å². The Labute approximate surface area is 127 Å². The van der Waals surface area contributed by atoms with Gasteiger partial charge in [0, 0.05) is 41.9 Å². The second-order valence-corrected chi connectivity index (χ2v) is 6.52. The van der Waals surface area contributed by atoms with E-state index in [0.29, 0.717) is 12.0 Å². The Hall–Kier alpha value is -1.17. The Morgan fingerprint density at radius 2 is 2.05 bits per heavy atom. The number of likely N-dealkylation sites (tertiary alicyclic amines) is 1. The molecule has 2 N–H and O–H groups in total. The molecule has 0 aliphatic carbocycles. The van der Waals surface area contributed by atoms with Crippen molar-refractivity contribution < 1.29 is 0 Å². The van der Waals surface area contributed by atoms with Crippen molar-refractivity contribution in [1.29, 1.82) is 0 Å². The zero-order chi connectivity index (χ0) is 14.1. The smallest absolute Gasteiger partial charge is 0.0646 e. The average molecular weight is 335 g/mol. The number of halogens is 1. The first kappa shape index (κ1) is 13.8. The van der Waals surface area contributed by atoms with Gasteiger partial charge in [-0.3, -0.25) is 4.90 Å². The lowest BCUT2D eigenvalue weighted by molar-refractivity contribution is 0.319. The monoisotopic (exact) mass is 334 g/mol. The molecule has 4 nitrogen and oxygen atoms in total. The van der Waals surface area contributed by atoms with Crippen molar-refractivity contribution in [1.82, 2.24) is 14.7 Å². The minimum absolute atomic E-state index is 0.302. The van der Waals surface area contributed by atoms with E-state index in [2.05, 4.69) is 51.2 Å². The highest BCUT2D eigenvalue weighted by molar-refractivity contribution is 9.10. The van der Waals surface area contributed by atoms with Crippen LogP contribution in [0.2, 0.25) is 0 Å². The van der Waals surface area contributed by atoms with Crippen LogP contribution in [0.3, 0.4) is 0 Å². The van der Waals surface area contributed by atoms with Gasteiger partial charge in [-0.1, -0.05) is 22.9 Å². The summed E-state index contributed by atoms with van der Waals surface area (Å²) in [5.74, 6) is 0.580. The van der Waals surface area contributed by atoms with Crippen LogP contribution in [0.4, 0.5) is 0 Å². The van der Waals surface area contributed by atoms with Gasteiger partial charge in [-0.05, 0) is 30.2 Å². The normalized spacial score (nSPS) is 23.4. The molecule has 0 radical (unpaired) electrons. The maximum absolute atomic E-state index is 6.07. The van der Waals surface area contributed by atoms with Crippen molar-refractivity contribution in [2.45, 2.75) is 19.5 Å². The Bertz CT molecular complexity index is 568. The van der Waals surface area contributed by atoms with Crippen molar-refractivity contribution in [2.75, 3.05) is 13.1 Å². The number of aromatic nitrogens is 2. The molecule has 1 aromatic carbocycles. The maximum atomic E-state index is 6.07. The summed E-state index contributed by atoms with van der Waals surface area (Å²) in [7, 11) is 0. The molecule has 2 unspecified atom stereocenters. The largest absolute Gasteiger partial charge is 0.326 e. The van der Waals surface area contributed by atoms with E-state index in [0.717, 1.165) is 29.8 Å². The molecular formula is C15H19BrN4. The molecule has 2 aromatic rings. The lowest BCUT2D eigenvalue weighted by atomic mass is 10.1. The molecule has 2 atom stereocenters. The van der Waals surface area contributed by atoms with Crippen LogP contribution >= 0.6 is 15.9 Å². The summed E-state index contributed by atoms with van der Waals surface area (Å²) in [5, 5.41) is 4.44. The molecule has 0 amide bonds. The van der Waals surface area contributed by atoms with Gasteiger partial charge in [-0.25, -0.2) is 4.68 Å². The number of nitrogens with zero attached hydrogens (tertiary/aromatic N) is 3. The molecule has 20 heavy (non-hydrogen) atoms. The van der Waals surface area contributed by atoms with E-state index in [-0.39, 0.29) is 0 Å². The Balaban J connectivity index is 1.69. The van der Waals surface area contributed by atoms with Crippen molar-refractivity contribution in [2.24, 2.45) is 11.7 Å². The predicted octanol–water partition coefficient (Wildman–Crippen LogP) is 2.41. The summed E-state index contributed by atoms with van der Waals surface area (Å²) in [6.45, 7) is 5.19. The minimum atomic E-state index is 0.302. The molecule has 0 spiro atoms. The zero-order valence-corrected chi connectivity index (χ0v) is 13.1. The van der Waals surface area contributed by atoms with E-state index in [1.807, 2.05) is 23.0 Å². The summed E-state index contributed by atoms with van der Waals surface area (Å²) in [4.78, 5) is 2.40. The summed E-state index contributed by atoms with van der Waals surface area (Å²) in [6.07, 6.45) is 4.04. The van der Waals surface area contributed by atoms with E-state index >= 15 is 0 Å². The maximum Gasteiger partial charge on any atom is 0.0646 e. The lowest BCUT2D eigenvalue weighted by Gasteiger charge is -2.13. The Morgan fingerprint density at radius 3 is 2.70 bits per heavy atom. The van der Waals surface area contributed by atoms with Crippen molar-refractivity contribution in [3.63, 3.8) is 0 Å². The fraction of sp³-hybridized carbons (Fsp3) is 0.400. The van der Waals surface area contributed by atoms with Gasteiger partial charge in [0.05, 0.1) is 11.9 Å². The molecule has 5 heteroatoms. The highest BCUT2D eigenvalue weighted by atomic mass is 79.9.